The molecule has 0 atom stereocenters. The number of amides is 1. The number of benzene rings is 1. The van der Waals surface area contributed by atoms with Gasteiger partial charge in [-0.1, -0.05) is 30.7 Å². The zero-order valence-electron chi connectivity index (χ0n) is 16.0. The Morgan fingerprint density at radius 2 is 2.15 bits per heavy atom. The second-order valence-electron chi connectivity index (χ2n) is 7.25. The van der Waals surface area contributed by atoms with Crippen molar-refractivity contribution in [2.75, 3.05) is 25.0 Å². The summed E-state index contributed by atoms with van der Waals surface area (Å²) >= 11 is 6.26. The van der Waals surface area contributed by atoms with Crippen molar-refractivity contribution in [3.8, 4) is 5.75 Å². The van der Waals surface area contributed by atoms with E-state index in [9.17, 15) is 4.79 Å². The number of hydrogen-bond acceptors (Lipinski definition) is 5. The van der Waals surface area contributed by atoms with Gasteiger partial charge in [-0.3, -0.25) is 4.79 Å². The van der Waals surface area contributed by atoms with Crippen LogP contribution in [0.5, 0.6) is 5.75 Å². The van der Waals surface area contributed by atoms with Crippen LogP contribution in [0.25, 0.3) is 0 Å². The zero-order chi connectivity index (χ0) is 19.4. The van der Waals surface area contributed by atoms with Crippen LogP contribution in [0.2, 0.25) is 5.02 Å². The van der Waals surface area contributed by atoms with Crippen molar-refractivity contribution in [3.05, 3.63) is 34.6 Å². The average molecular weight is 392 g/mol. The molecule has 1 fully saturated rings. The molecule has 2 N–H and O–H groups in total. The highest BCUT2D eigenvalue weighted by molar-refractivity contribution is 6.32. The molecule has 7 nitrogen and oxygen atoms in total. The lowest BCUT2D eigenvalue weighted by molar-refractivity contribution is 0.102. The van der Waals surface area contributed by atoms with Crippen molar-refractivity contribution in [2.45, 2.75) is 39.7 Å². The van der Waals surface area contributed by atoms with Gasteiger partial charge < -0.3 is 15.4 Å². The Balaban J connectivity index is 1.68. The second kappa shape index (κ2) is 8.71. The minimum Gasteiger partial charge on any atom is -0.492 e. The molecule has 0 spiro atoms. The van der Waals surface area contributed by atoms with Gasteiger partial charge in [-0.05, 0) is 57.0 Å². The van der Waals surface area contributed by atoms with E-state index in [1.54, 1.807) is 18.2 Å². The number of carbonyl (C=O) groups is 1. The number of ether oxygens (including phenoxy) is 1. The van der Waals surface area contributed by atoms with E-state index >= 15 is 0 Å². The van der Waals surface area contributed by atoms with E-state index in [0.717, 1.165) is 31.6 Å². The van der Waals surface area contributed by atoms with Crippen LogP contribution in [0.3, 0.4) is 0 Å². The molecule has 0 bridgehead atoms. The SMILES string of the molecule is Cc1c(C(=O)Nc2ccc(OCC(C)C)c(Cl)c2)nnn1C1CCNCC1. The topological polar surface area (TPSA) is 81.1 Å². The average Bonchev–Trinajstić information content (AvgIpc) is 3.03. The molecule has 1 aliphatic heterocycles. The number of aromatic nitrogens is 3. The van der Waals surface area contributed by atoms with E-state index < -0.39 is 0 Å². The summed E-state index contributed by atoms with van der Waals surface area (Å²) in [6.45, 7) is 8.52. The number of rotatable bonds is 6. The normalized spacial score (nSPS) is 15.1. The van der Waals surface area contributed by atoms with E-state index in [1.165, 1.54) is 0 Å². The van der Waals surface area contributed by atoms with Crippen LogP contribution in [0.1, 0.15) is 48.9 Å². The quantitative estimate of drug-likeness (QED) is 0.788. The number of hydrogen-bond donors (Lipinski definition) is 2. The summed E-state index contributed by atoms with van der Waals surface area (Å²) in [7, 11) is 0. The lowest BCUT2D eigenvalue weighted by atomic mass is 10.1. The second-order valence-corrected chi connectivity index (χ2v) is 7.66. The molecule has 1 amide bonds. The lowest BCUT2D eigenvalue weighted by Gasteiger charge is -2.23. The van der Waals surface area contributed by atoms with E-state index in [4.69, 9.17) is 16.3 Å². The van der Waals surface area contributed by atoms with Crippen LogP contribution >= 0.6 is 11.6 Å². The fourth-order valence-electron chi connectivity index (χ4n) is 3.09. The molecule has 27 heavy (non-hydrogen) atoms. The molecule has 3 rings (SSSR count). The maximum Gasteiger partial charge on any atom is 0.278 e. The number of anilines is 1. The van der Waals surface area contributed by atoms with Crippen LogP contribution in [-0.2, 0) is 0 Å². The third-order valence-corrected chi connectivity index (χ3v) is 4.85. The number of nitrogens with zero attached hydrogens (tertiary/aromatic N) is 3. The summed E-state index contributed by atoms with van der Waals surface area (Å²) in [6.07, 6.45) is 1.97. The van der Waals surface area contributed by atoms with Crippen molar-refractivity contribution in [2.24, 2.45) is 5.92 Å². The Labute approximate surface area is 164 Å². The van der Waals surface area contributed by atoms with Crippen molar-refractivity contribution in [3.63, 3.8) is 0 Å². The molecule has 0 unspecified atom stereocenters. The minimum absolute atomic E-state index is 0.284. The van der Waals surface area contributed by atoms with Gasteiger partial charge >= 0.3 is 0 Å². The summed E-state index contributed by atoms with van der Waals surface area (Å²) in [6, 6.07) is 5.50. The number of carbonyl (C=O) groups excluding carboxylic acids is 1. The number of nitrogens with one attached hydrogen (secondary N) is 2. The van der Waals surface area contributed by atoms with Crippen molar-refractivity contribution in [1.29, 1.82) is 0 Å². The highest BCUT2D eigenvalue weighted by Crippen LogP contribution is 2.28. The molecule has 0 aliphatic carbocycles. The Bertz CT molecular complexity index is 799. The lowest BCUT2D eigenvalue weighted by Crippen LogP contribution is -2.30. The predicted octanol–water partition coefficient (Wildman–Crippen LogP) is 3.45. The van der Waals surface area contributed by atoms with Gasteiger partial charge in [-0.25, -0.2) is 4.68 Å². The predicted molar refractivity (Wildman–Crippen MR) is 106 cm³/mol. The molecular formula is C19H26ClN5O2. The van der Waals surface area contributed by atoms with E-state index in [-0.39, 0.29) is 11.9 Å². The van der Waals surface area contributed by atoms with Gasteiger partial charge in [0.1, 0.15) is 5.75 Å². The first-order chi connectivity index (χ1) is 13.0. The molecule has 0 saturated carbocycles. The van der Waals surface area contributed by atoms with Gasteiger partial charge in [-0.2, -0.15) is 0 Å². The highest BCUT2D eigenvalue weighted by Gasteiger charge is 2.23. The van der Waals surface area contributed by atoms with Gasteiger partial charge in [0.2, 0.25) is 0 Å². The van der Waals surface area contributed by atoms with Crippen LogP contribution in [0, 0.1) is 12.8 Å². The van der Waals surface area contributed by atoms with Gasteiger partial charge in [0, 0.05) is 5.69 Å². The molecular weight excluding hydrogens is 366 g/mol. The summed E-state index contributed by atoms with van der Waals surface area (Å²) in [4.78, 5) is 12.6. The Hall–Kier alpha value is -2.12. The molecule has 1 saturated heterocycles. The molecule has 2 heterocycles. The van der Waals surface area contributed by atoms with Crippen molar-refractivity contribution >= 4 is 23.2 Å². The Morgan fingerprint density at radius 3 is 2.81 bits per heavy atom. The molecule has 8 heteroatoms. The third kappa shape index (κ3) is 4.78. The standard InChI is InChI=1S/C19H26ClN5O2/c1-12(2)11-27-17-5-4-14(10-16(17)20)22-19(26)18-13(3)25(24-23-18)15-6-8-21-9-7-15/h4-5,10,12,15,21H,6-9,11H2,1-3H3,(H,22,26). The third-order valence-electron chi connectivity index (χ3n) is 4.56. The van der Waals surface area contributed by atoms with Crippen molar-refractivity contribution in [1.82, 2.24) is 20.3 Å². The van der Waals surface area contributed by atoms with Crippen molar-refractivity contribution < 1.29 is 9.53 Å². The molecule has 1 aromatic carbocycles. The monoisotopic (exact) mass is 391 g/mol. The first-order valence-corrected chi connectivity index (χ1v) is 9.69. The first-order valence-electron chi connectivity index (χ1n) is 9.32. The molecule has 2 aromatic rings. The fourth-order valence-corrected chi connectivity index (χ4v) is 3.33. The Morgan fingerprint density at radius 1 is 1.41 bits per heavy atom. The summed E-state index contributed by atoms with van der Waals surface area (Å²) in [5.41, 5.74) is 1.71. The smallest absolute Gasteiger partial charge is 0.278 e. The fraction of sp³-hybridized carbons (Fsp3) is 0.526. The van der Waals surface area contributed by atoms with Gasteiger partial charge in [0.25, 0.3) is 5.91 Å². The number of piperidine rings is 1. The largest absolute Gasteiger partial charge is 0.492 e. The summed E-state index contributed by atoms with van der Waals surface area (Å²) < 4.78 is 7.52. The Kier molecular flexibility index (Phi) is 6.34. The van der Waals surface area contributed by atoms with E-state index in [1.807, 2.05) is 11.6 Å². The molecule has 1 aromatic heterocycles. The summed E-state index contributed by atoms with van der Waals surface area (Å²) in [5, 5.41) is 14.9. The molecule has 146 valence electrons. The maximum atomic E-state index is 12.6. The van der Waals surface area contributed by atoms with Crippen LogP contribution in [0.4, 0.5) is 5.69 Å². The van der Waals surface area contributed by atoms with Crippen LogP contribution in [-0.4, -0.2) is 40.6 Å². The molecule has 1 aliphatic rings. The van der Waals surface area contributed by atoms with E-state index in [0.29, 0.717) is 34.7 Å². The summed E-state index contributed by atoms with van der Waals surface area (Å²) in [5.74, 6) is 0.724. The van der Waals surface area contributed by atoms with Gasteiger partial charge in [0.05, 0.1) is 23.4 Å². The van der Waals surface area contributed by atoms with Gasteiger partial charge in [-0.15, -0.1) is 5.10 Å². The first kappa shape index (κ1) is 19.6. The maximum absolute atomic E-state index is 12.6. The van der Waals surface area contributed by atoms with E-state index in [2.05, 4.69) is 34.8 Å². The zero-order valence-corrected chi connectivity index (χ0v) is 16.7. The van der Waals surface area contributed by atoms with Crippen LogP contribution < -0.4 is 15.4 Å². The minimum atomic E-state index is -0.292. The number of halogens is 1. The van der Waals surface area contributed by atoms with Crippen LogP contribution in [0.15, 0.2) is 18.2 Å². The molecule has 0 radical (unpaired) electrons. The highest BCUT2D eigenvalue weighted by atomic mass is 35.5. The van der Waals surface area contributed by atoms with Gasteiger partial charge in [0.15, 0.2) is 5.69 Å².